The fraction of sp³-hybridized carbons (Fsp3) is 0.333. The van der Waals surface area contributed by atoms with Crippen LogP contribution in [0.2, 0.25) is 0 Å². The SMILES string of the molecule is Cc1cnc2nc1Nc1cc(ccc1F)CCCC(=O)N1CCN(CC1)c1cnc(F)c(c1)N2. The van der Waals surface area contributed by atoms with Crippen LogP contribution in [0.3, 0.4) is 0 Å². The third kappa shape index (κ3) is 4.61. The number of fused-ring (bicyclic) bond motifs is 5. The summed E-state index contributed by atoms with van der Waals surface area (Å²) in [7, 11) is 0. The lowest BCUT2D eigenvalue weighted by atomic mass is 10.1. The Balaban J connectivity index is 1.52. The molecule has 3 aliphatic rings. The number of carbonyl (C=O) groups is 1. The molecule has 3 aromatic rings. The van der Waals surface area contributed by atoms with E-state index in [1.807, 2.05) is 4.90 Å². The Kier molecular flexibility index (Phi) is 5.95. The van der Waals surface area contributed by atoms with Crippen LogP contribution in [-0.4, -0.2) is 51.9 Å². The summed E-state index contributed by atoms with van der Waals surface area (Å²) in [5.74, 6) is -0.420. The number of halogens is 2. The van der Waals surface area contributed by atoms with Crippen molar-refractivity contribution in [3.05, 3.63) is 59.6 Å². The van der Waals surface area contributed by atoms with Crippen molar-refractivity contribution >= 4 is 34.7 Å². The second-order valence-corrected chi connectivity index (χ2v) is 8.54. The zero-order valence-electron chi connectivity index (χ0n) is 18.8. The Labute approximate surface area is 196 Å². The van der Waals surface area contributed by atoms with Crippen molar-refractivity contribution in [3.63, 3.8) is 0 Å². The second-order valence-electron chi connectivity index (χ2n) is 8.54. The van der Waals surface area contributed by atoms with Crippen molar-refractivity contribution in [2.45, 2.75) is 26.2 Å². The molecule has 6 rings (SSSR count). The third-order valence-corrected chi connectivity index (χ3v) is 6.18. The molecule has 0 spiro atoms. The summed E-state index contributed by atoms with van der Waals surface area (Å²) < 4.78 is 29.0. The summed E-state index contributed by atoms with van der Waals surface area (Å²) in [6.45, 7) is 4.25. The number of carbonyl (C=O) groups excluding carboxylic acids is 1. The lowest BCUT2D eigenvalue weighted by Crippen LogP contribution is -2.48. The van der Waals surface area contributed by atoms with Gasteiger partial charge in [0, 0.05) is 44.4 Å². The van der Waals surface area contributed by atoms with Gasteiger partial charge in [0.15, 0.2) is 0 Å². The standard InChI is InChI=1S/C24H25F2N7O/c1-15-13-28-24-30-20-12-17(14-27-22(20)26)32-7-9-33(10-8-32)21(34)4-2-3-16-5-6-18(25)19(11-16)29-23(15)31-24/h5-6,11-14H,2-4,7-10H2,1H3,(H2,28,29,30,31). The molecule has 1 amide bonds. The monoisotopic (exact) mass is 465 g/mol. The molecule has 0 unspecified atom stereocenters. The van der Waals surface area contributed by atoms with Gasteiger partial charge in [0.05, 0.1) is 23.3 Å². The van der Waals surface area contributed by atoms with Crippen molar-refractivity contribution in [2.24, 2.45) is 0 Å². The molecule has 2 aromatic heterocycles. The lowest BCUT2D eigenvalue weighted by molar-refractivity contribution is -0.131. The Hall–Kier alpha value is -3.82. The van der Waals surface area contributed by atoms with Gasteiger partial charge in [0.1, 0.15) is 11.6 Å². The number of rotatable bonds is 0. The summed E-state index contributed by atoms with van der Waals surface area (Å²) in [4.78, 5) is 29.2. The van der Waals surface area contributed by atoms with Gasteiger partial charge in [0.25, 0.3) is 0 Å². The lowest BCUT2D eigenvalue weighted by Gasteiger charge is -2.36. The summed E-state index contributed by atoms with van der Waals surface area (Å²) in [6.07, 6.45) is 4.84. The number of pyridine rings is 1. The van der Waals surface area contributed by atoms with E-state index in [9.17, 15) is 13.6 Å². The van der Waals surface area contributed by atoms with Gasteiger partial charge in [-0.25, -0.2) is 14.4 Å². The summed E-state index contributed by atoms with van der Waals surface area (Å²) in [5, 5.41) is 5.92. The highest BCUT2D eigenvalue weighted by Gasteiger charge is 2.22. The zero-order valence-corrected chi connectivity index (χ0v) is 18.8. The van der Waals surface area contributed by atoms with E-state index in [0.717, 1.165) is 11.3 Å². The number of piperazine rings is 1. The first-order chi connectivity index (χ1) is 16.5. The number of nitrogens with one attached hydrogen (secondary N) is 2. The van der Waals surface area contributed by atoms with Crippen molar-refractivity contribution < 1.29 is 13.6 Å². The largest absolute Gasteiger partial charge is 0.367 e. The van der Waals surface area contributed by atoms with Gasteiger partial charge < -0.3 is 20.4 Å². The molecule has 0 aliphatic carbocycles. The molecular weight excluding hydrogens is 440 g/mol. The van der Waals surface area contributed by atoms with Crippen LogP contribution in [0.1, 0.15) is 24.0 Å². The number of hydrogen-bond acceptors (Lipinski definition) is 7. The van der Waals surface area contributed by atoms with Crippen molar-refractivity contribution in [1.29, 1.82) is 0 Å². The van der Waals surface area contributed by atoms with E-state index in [-0.39, 0.29) is 23.2 Å². The summed E-state index contributed by atoms with van der Waals surface area (Å²) in [5.41, 5.74) is 2.79. The van der Waals surface area contributed by atoms with E-state index in [1.54, 1.807) is 31.3 Å². The Bertz CT molecular complexity index is 1230. The van der Waals surface area contributed by atoms with E-state index in [2.05, 4.69) is 30.5 Å². The highest BCUT2D eigenvalue weighted by atomic mass is 19.1. The Morgan fingerprint density at radius 1 is 0.912 bits per heavy atom. The molecule has 1 fully saturated rings. The van der Waals surface area contributed by atoms with Gasteiger partial charge in [-0.15, -0.1) is 0 Å². The first kappa shape index (κ1) is 22.0. The fourth-order valence-corrected chi connectivity index (χ4v) is 4.21. The maximum Gasteiger partial charge on any atom is 0.236 e. The van der Waals surface area contributed by atoms with Gasteiger partial charge in [-0.1, -0.05) is 6.07 Å². The number of aromatic nitrogens is 3. The van der Waals surface area contributed by atoms with Gasteiger partial charge in [-0.3, -0.25) is 4.79 Å². The van der Waals surface area contributed by atoms with E-state index in [0.29, 0.717) is 56.8 Å². The maximum absolute atomic E-state index is 14.5. The molecule has 34 heavy (non-hydrogen) atoms. The molecule has 2 N–H and O–H groups in total. The van der Waals surface area contributed by atoms with E-state index >= 15 is 0 Å². The minimum Gasteiger partial charge on any atom is -0.367 e. The highest BCUT2D eigenvalue weighted by Crippen LogP contribution is 2.27. The van der Waals surface area contributed by atoms with E-state index in [1.165, 1.54) is 12.3 Å². The molecule has 176 valence electrons. The molecule has 1 saturated heterocycles. The van der Waals surface area contributed by atoms with Gasteiger partial charge in [-0.05, 0) is 43.5 Å². The topological polar surface area (TPSA) is 86.3 Å². The molecule has 5 heterocycles. The van der Waals surface area contributed by atoms with Gasteiger partial charge >= 0.3 is 0 Å². The summed E-state index contributed by atoms with van der Waals surface area (Å²) >= 11 is 0. The Morgan fingerprint density at radius 2 is 1.71 bits per heavy atom. The Morgan fingerprint density at radius 3 is 2.53 bits per heavy atom. The average molecular weight is 466 g/mol. The van der Waals surface area contributed by atoms with Crippen LogP contribution in [0.15, 0.2) is 36.7 Å². The predicted octanol–water partition coefficient (Wildman–Crippen LogP) is 3.93. The quantitative estimate of drug-likeness (QED) is 0.487. The van der Waals surface area contributed by atoms with Gasteiger partial charge in [0.2, 0.25) is 17.8 Å². The third-order valence-electron chi connectivity index (χ3n) is 6.18. The van der Waals surface area contributed by atoms with Crippen LogP contribution < -0.4 is 15.5 Å². The molecule has 0 atom stereocenters. The van der Waals surface area contributed by atoms with Crippen molar-refractivity contribution in [3.8, 4) is 0 Å². The van der Waals surface area contributed by atoms with Crippen LogP contribution in [0.25, 0.3) is 0 Å². The first-order valence-electron chi connectivity index (χ1n) is 11.3. The number of anilines is 5. The molecule has 3 aliphatic heterocycles. The number of amides is 1. The van der Waals surface area contributed by atoms with Crippen LogP contribution in [0.4, 0.5) is 37.6 Å². The minimum atomic E-state index is -0.680. The maximum atomic E-state index is 14.5. The smallest absolute Gasteiger partial charge is 0.236 e. The normalized spacial score (nSPS) is 16.3. The van der Waals surface area contributed by atoms with E-state index < -0.39 is 11.8 Å². The molecular formula is C24H25F2N7O. The van der Waals surface area contributed by atoms with Gasteiger partial charge in [-0.2, -0.15) is 9.37 Å². The van der Waals surface area contributed by atoms with Crippen LogP contribution in [-0.2, 0) is 11.2 Å². The first-order valence-corrected chi connectivity index (χ1v) is 11.3. The van der Waals surface area contributed by atoms with Crippen LogP contribution >= 0.6 is 0 Å². The van der Waals surface area contributed by atoms with Crippen molar-refractivity contribution in [1.82, 2.24) is 19.9 Å². The number of benzene rings is 1. The second kappa shape index (κ2) is 9.20. The molecule has 8 bridgehead atoms. The molecule has 0 saturated carbocycles. The number of nitrogens with zero attached hydrogens (tertiary/aromatic N) is 5. The van der Waals surface area contributed by atoms with Crippen molar-refractivity contribution in [2.75, 3.05) is 41.7 Å². The summed E-state index contributed by atoms with van der Waals surface area (Å²) in [6, 6.07) is 6.53. The van der Waals surface area contributed by atoms with Crippen LogP contribution in [0.5, 0.6) is 0 Å². The zero-order chi connectivity index (χ0) is 23.7. The van der Waals surface area contributed by atoms with E-state index in [4.69, 9.17) is 0 Å². The fourth-order valence-electron chi connectivity index (χ4n) is 4.21. The molecule has 0 radical (unpaired) electrons. The molecule has 1 aromatic carbocycles. The number of aryl methyl sites for hydroxylation is 2. The average Bonchev–Trinajstić information content (AvgIpc) is 2.84. The number of hydrogen-bond donors (Lipinski definition) is 2. The minimum absolute atomic E-state index is 0.111. The molecule has 8 nitrogen and oxygen atoms in total. The van der Waals surface area contributed by atoms with Crippen LogP contribution in [0, 0.1) is 18.7 Å². The predicted molar refractivity (Wildman–Crippen MR) is 126 cm³/mol. The molecule has 10 heteroatoms. The highest BCUT2D eigenvalue weighted by molar-refractivity contribution is 5.76.